The molecule has 0 radical (unpaired) electrons. The number of non-ortho nitro benzene ring substituents is 1. The molecule has 2 aromatic carbocycles. The van der Waals surface area contributed by atoms with Crippen molar-refractivity contribution in [1.29, 1.82) is 0 Å². The summed E-state index contributed by atoms with van der Waals surface area (Å²) >= 11 is 0. The van der Waals surface area contributed by atoms with E-state index in [1.54, 1.807) is 12.1 Å². The van der Waals surface area contributed by atoms with Gasteiger partial charge in [-0.25, -0.2) is 9.18 Å². The molecular weight excluding hydrogens is 347 g/mol. The molecule has 0 unspecified atom stereocenters. The summed E-state index contributed by atoms with van der Waals surface area (Å²) in [6.45, 7) is 0.725. The van der Waals surface area contributed by atoms with Crippen molar-refractivity contribution in [3.05, 3.63) is 64.0 Å². The molecule has 2 rings (SSSR count). The SMILES string of the molecule is Cc1ccccc1OCC(=O)OCC(=O)Nc1cc([N+](=O)[O-])ccc1F. The van der Waals surface area contributed by atoms with E-state index < -0.39 is 35.8 Å². The molecule has 0 aliphatic carbocycles. The first-order chi connectivity index (χ1) is 12.4. The summed E-state index contributed by atoms with van der Waals surface area (Å²) in [6.07, 6.45) is 0. The molecule has 0 fully saturated rings. The first-order valence-corrected chi connectivity index (χ1v) is 7.44. The van der Waals surface area contributed by atoms with E-state index in [1.807, 2.05) is 19.1 Å². The lowest BCUT2D eigenvalue weighted by molar-refractivity contribution is -0.384. The van der Waals surface area contributed by atoms with Gasteiger partial charge >= 0.3 is 5.97 Å². The van der Waals surface area contributed by atoms with Crippen LogP contribution in [0.1, 0.15) is 5.56 Å². The third-order valence-electron chi connectivity index (χ3n) is 3.24. The second kappa shape index (κ2) is 8.56. The fraction of sp³-hybridized carbons (Fsp3) is 0.176. The molecule has 0 aliphatic heterocycles. The van der Waals surface area contributed by atoms with Gasteiger partial charge in [0.15, 0.2) is 13.2 Å². The highest BCUT2D eigenvalue weighted by Crippen LogP contribution is 2.21. The average Bonchev–Trinajstić information content (AvgIpc) is 2.61. The van der Waals surface area contributed by atoms with Crippen molar-refractivity contribution in [3.8, 4) is 5.75 Å². The van der Waals surface area contributed by atoms with Crippen LogP contribution in [0.3, 0.4) is 0 Å². The van der Waals surface area contributed by atoms with E-state index in [0.717, 1.165) is 23.8 Å². The van der Waals surface area contributed by atoms with Crippen LogP contribution in [0.15, 0.2) is 42.5 Å². The topological polar surface area (TPSA) is 108 Å². The Balaban J connectivity index is 1.83. The number of nitrogens with zero attached hydrogens (tertiary/aromatic N) is 1. The number of nitrogens with one attached hydrogen (secondary N) is 1. The van der Waals surface area contributed by atoms with Gasteiger partial charge < -0.3 is 14.8 Å². The van der Waals surface area contributed by atoms with Gasteiger partial charge in [0.25, 0.3) is 11.6 Å². The summed E-state index contributed by atoms with van der Waals surface area (Å²) in [6, 6.07) is 9.74. The summed E-state index contributed by atoms with van der Waals surface area (Å²) < 4.78 is 23.6. The number of carbonyl (C=O) groups is 2. The standard InChI is InChI=1S/C17H15FN2O6/c1-11-4-2-3-5-15(11)25-10-17(22)26-9-16(21)19-14-8-12(20(23)24)6-7-13(14)18/h2-8H,9-10H2,1H3,(H,19,21). The number of nitro groups is 1. The van der Waals surface area contributed by atoms with Gasteiger partial charge in [0.05, 0.1) is 10.6 Å². The maximum atomic E-state index is 13.6. The van der Waals surface area contributed by atoms with Gasteiger partial charge in [0, 0.05) is 12.1 Å². The van der Waals surface area contributed by atoms with Gasteiger partial charge in [-0.15, -0.1) is 0 Å². The van der Waals surface area contributed by atoms with Crippen molar-refractivity contribution in [2.75, 3.05) is 18.5 Å². The Hall–Kier alpha value is -3.49. The number of rotatable bonds is 7. The number of para-hydroxylation sites is 1. The van der Waals surface area contributed by atoms with Gasteiger partial charge in [0.1, 0.15) is 11.6 Å². The van der Waals surface area contributed by atoms with Gasteiger partial charge in [-0.2, -0.15) is 0 Å². The molecule has 1 N–H and O–H groups in total. The quantitative estimate of drug-likeness (QED) is 0.461. The number of nitro benzene ring substituents is 1. The Kier molecular flexibility index (Phi) is 6.20. The van der Waals surface area contributed by atoms with Gasteiger partial charge in [-0.1, -0.05) is 18.2 Å². The Morgan fingerprint density at radius 2 is 1.92 bits per heavy atom. The molecule has 0 atom stereocenters. The van der Waals surface area contributed by atoms with Gasteiger partial charge in [0.2, 0.25) is 0 Å². The lowest BCUT2D eigenvalue weighted by atomic mass is 10.2. The number of ether oxygens (including phenoxy) is 2. The second-order valence-electron chi connectivity index (χ2n) is 5.18. The molecule has 0 aliphatic rings. The van der Waals surface area contributed by atoms with Gasteiger partial charge in [-0.05, 0) is 24.6 Å². The van der Waals surface area contributed by atoms with Crippen LogP contribution in [0, 0.1) is 22.9 Å². The maximum absolute atomic E-state index is 13.6. The van der Waals surface area contributed by atoms with E-state index in [4.69, 9.17) is 9.47 Å². The molecular formula is C17H15FN2O6. The van der Waals surface area contributed by atoms with Crippen LogP contribution in [0.25, 0.3) is 0 Å². The van der Waals surface area contributed by atoms with Crippen molar-refractivity contribution in [3.63, 3.8) is 0 Å². The Morgan fingerprint density at radius 1 is 1.19 bits per heavy atom. The molecule has 0 heterocycles. The van der Waals surface area contributed by atoms with Crippen LogP contribution in [0.2, 0.25) is 0 Å². The van der Waals surface area contributed by atoms with Crippen LogP contribution in [0.4, 0.5) is 15.8 Å². The summed E-state index contributed by atoms with van der Waals surface area (Å²) in [5, 5.41) is 12.8. The molecule has 9 heteroatoms. The molecule has 0 aromatic heterocycles. The lowest BCUT2D eigenvalue weighted by Gasteiger charge is -2.09. The first kappa shape index (κ1) is 18.8. The third kappa shape index (κ3) is 5.26. The fourth-order valence-corrected chi connectivity index (χ4v) is 1.95. The number of hydrogen-bond acceptors (Lipinski definition) is 6. The number of anilines is 1. The minimum absolute atomic E-state index is 0.378. The summed E-state index contributed by atoms with van der Waals surface area (Å²) in [5.74, 6) is -1.97. The molecule has 2 aromatic rings. The third-order valence-corrected chi connectivity index (χ3v) is 3.24. The molecule has 0 bridgehead atoms. The van der Waals surface area contributed by atoms with Crippen LogP contribution in [-0.4, -0.2) is 30.0 Å². The van der Waals surface area contributed by atoms with Crippen molar-refractivity contribution < 1.29 is 28.4 Å². The minimum atomic E-state index is -0.849. The molecule has 8 nitrogen and oxygen atoms in total. The lowest BCUT2D eigenvalue weighted by Crippen LogP contribution is -2.24. The predicted molar refractivity (Wildman–Crippen MR) is 89.3 cm³/mol. The highest BCUT2D eigenvalue weighted by Gasteiger charge is 2.14. The van der Waals surface area contributed by atoms with E-state index in [-0.39, 0.29) is 11.4 Å². The molecule has 0 saturated heterocycles. The number of aryl methyl sites for hydroxylation is 1. The van der Waals surface area contributed by atoms with Crippen LogP contribution < -0.4 is 10.1 Å². The van der Waals surface area contributed by atoms with E-state index in [2.05, 4.69) is 5.32 Å². The zero-order chi connectivity index (χ0) is 19.1. The summed E-state index contributed by atoms with van der Waals surface area (Å²) in [5.41, 5.74) is 0.0703. The van der Waals surface area contributed by atoms with E-state index >= 15 is 0 Å². The normalized spacial score (nSPS) is 10.1. The Labute approximate surface area is 147 Å². The van der Waals surface area contributed by atoms with Crippen molar-refractivity contribution >= 4 is 23.3 Å². The highest BCUT2D eigenvalue weighted by atomic mass is 19.1. The minimum Gasteiger partial charge on any atom is -0.482 e. The molecule has 0 spiro atoms. The molecule has 136 valence electrons. The highest BCUT2D eigenvalue weighted by molar-refractivity contribution is 5.93. The average molecular weight is 362 g/mol. The Bertz CT molecular complexity index is 840. The number of amides is 1. The summed E-state index contributed by atoms with van der Waals surface area (Å²) in [4.78, 5) is 33.3. The van der Waals surface area contributed by atoms with Crippen LogP contribution in [-0.2, 0) is 14.3 Å². The molecule has 0 saturated carbocycles. The number of esters is 1. The zero-order valence-corrected chi connectivity index (χ0v) is 13.7. The van der Waals surface area contributed by atoms with E-state index in [1.165, 1.54) is 0 Å². The number of carbonyl (C=O) groups excluding carboxylic acids is 2. The maximum Gasteiger partial charge on any atom is 0.344 e. The van der Waals surface area contributed by atoms with Crippen molar-refractivity contribution in [2.24, 2.45) is 0 Å². The van der Waals surface area contributed by atoms with Gasteiger partial charge in [-0.3, -0.25) is 14.9 Å². The second-order valence-corrected chi connectivity index (χ2v) is 5.18. The number of benzene rings is 2. The smallest absolute Gasteiger partial charge is 0.344 e. The zero-order valence-electron chi connectivity index (χ0n) is 13.7. The molecule has 26 heavy (non-hydrogen) atoms. The van der Waals surface area contributed by atoms with E-state index in [0.29, 0.717) is 5.75 Å². The first-order valence-electron chi connectivity index (χ1n) is 7.44. The monoisotopic (exact) mass is 362 g/mol. The number of halogens is 1. The largest absolute Gasteiger partial charge is 0.482 e. The molecule has 1 amide bonds. The van der Waals surface area contributed by atoms with Crippen molar-refractivity contribution in [2.45, 2.75) is 6.92 Å². The van der Waals surface area contributed by atoms with Crippen LogP contribution >= 0.6 is 0 Å². The van der Waals surface area contributed by atoms with Crippen molar-refractivity contribution in [1.82, 2.24) is 0 Å². The predicted octanol–water partition coefficient (Wildman–Crippen LogP) is 2.60. The Morgan fingerprint density at radius 3 is 2.62 bits per heavy atom. The van der Waals surface area contributed by atoms with Crippen LogP contribution in [0.5, 0.6) is 5.75 Å². The van der Waals surface area contributed by atoms with E-state index in [9.17, 15) is 24.1 Å². The summed E-state index contributed by atoms with van der Waals surface area (Å²) in [7, 11) is 0. The number of hydrogen-bond donors (Lipinski definition) is 1. The fourth-order valence-electron chi connectivity index (χ4n) is 1.95.